The lowest BCUT2D eigenvalue weighted by atomic mass is 9.78. The van der Waals surface area contributed by atoms with Gasteiger partial charge in [-0.1, -0.05) is 54.4 Å². The molecule has 4 rings (SSSR count). The van der Waals surface area contributed by atoms with Crippen LogP contribution in [0.15, 0.2) is 60.7 Å². The molecular weight excluding hydrogens is 423 g/mol. The maximum Gasteiger partial charge on any atom is 0.273 e. The quantitative estimate of drug-likeness (QED) is 0.506. The van der Waals surface area contributed by atoms with Gasteiger partial charge in [0.15, 0.2) is 0 Å². The van der Waals surface area contributed by atoms with Crippen LogP contribution in [-0.2, 0) is 16.1 Å². The summed E-state index contributed by atoms with van der Waals surface area (Å²) in [5.74, 6) is -2.07. The van der Waals surface area contributed by atoms with Gasteiger partial charge in [-0.05, 0) is 54.3 Å². The van der Waals surface area contributed by atoms with E-state index in [4.69, 9.17) is 23.2 Å². The average Bonchev–Trinajstić information content (AvgIpc) is 2.99. The third-order valence-corrected chi connectivity index (χ3v) is 6.17. The molecule has 0 bridgehead atoms. The zero-order valence-corrected chi connectivity index (χ0v) is 17.8. The summed E-state index contributed by atoms with van der Waals surface area (Å²) in [6, 6.07) is 13.3. The number of fused-ring (bicyclic) bond motifs is 1. The Labute approximate surface area is 184 Å². The highest BCUT2D eigenvalue weighted by atomic mass is 35.5. The highest BCUT2D eigenvalue weighted by Crippen LogP contribution is 2.39. The number of rotatable bonds is 4. The van der Waals surface area contributed by atoms with Gasteiger partial charge in [0.25, 0.3) is 17.7 Å². The van der Waals surface area contributed by atoms with Crippen molar-refractivity contribution in [2.24, 2.45) is 17.8 Å². The molecule has 0 saturated carbocycles. The number of hydrogen-bond donors (Lipinski definition) is 0. The van der Waals surface area contributed by atoms with E-state index in [-0.39, 0.29) is 24.3 Å². The number of carbonyl (C=O) groups excluding carboxylic acids is 3. The van der Waals surface area contributed by atoms with E-state index in [0.29, 0.717) is 22.0 Å². The molecule has 2 aromatic carbocycles. The molecule has 1 heterocycles. The lowest BCUT2D eigenvalue weighted by Gasteiger charge is -2.31. The number of allylic oxidation sites excluding steroid dienone is 2. The zero-order valence-electron chi connectivity index (χ0n) is 16.3. The van der Waals surface area contributed by atoms with E-state index in [1.807, 2.05) is 19.1 Å². The molecule has 1 saturated heterocycles. The summed E-state index contributed by atoms with van der Waals surface area (Å²) in [6.45, 7) is 1.99. The van der Waals surface area contributed by atoms with Gasteiger partial charge >= 0.3 is 0 Å². The molecular formula is C23H20Cl2N2O3. The summed E-state index contributed by atoms with van der Waals surface area (Å²) < 4.78 is 0. The number of carbonyl (C=O) groups is 3. The van der Waals surface area contributed by atoms with Crippen molar-refractivity contribution in [2.45, 2.75) is 19.9 Å². The summed E-state index contributed by atoms with van der Waals surface area (Å²) in [5, 5.41) is 3.34. The monoisotopic (exact) mass is 442 g/mol. The van der Waals surface area contributed by atoms with Gasteiger partial charge in [0.05, 0.1) is 18.4 Å². The Bertz CT molecular complexity index is 1020. The number of imide groups is 1. The molecule has 7 heteroatoms. The van der Waals surface area contributed by atoms with E-state index >= 15 is 0 Å². The first-order chi connectivity index (χ1) is 14.4. The van der Waals surface area contributed by atoms with Crippen molar-refractivity contribution in [1.29, 1.82) is 0 Å². The predicted octanol–water partition coefficient (Wildman–Crippen LogP) is 4.75. The fourth-order valence-corrected chi connectivity index (χ4v) is 4.36. The third-order valence-electron chi connectivity index (χ3n) is 5.66. The minimum absolute atomic E-state index is 0.0618. The maximum absolute atomic E-state index is 13.4. The summed E-state index contributed by atoms with van der Waals surface area (Å²) in [5.41, 5.74) is 1.10. The van der Waals surface area contributed by atoms with Gasteiger partial charge in [0.2, 0.25) is 0 Å². The minimum atomic E-state index is -0.451. The molecule has 0 unspecified atom stereocenters. The van der Waals surface area contributed by atoms with E-state index in [1.54, 1.807) is 48.5 Å². The first kappa shape index (κ1) is 20.6. The number of hydrazine groups is 1. The average molecular weight is 443 g/mol. The van der Waals surface area contributed by atoms with E-state index in [1.165, 1.54) is 5.01 Å². The largest absolute Gasteiger partial charge is 0.273 e. The lowest BCUT2D eigenvalue weighted by molar-refractivity contribution is -0.155. The molecule has 0 aromatic heterocycles. The van der Waals surface area contributed by atoms with Crippen molar-refractivity contribution in [3.8, 4) is 0 Å². The fourth-order valence-electron chi connectivity index (χ4n) is 4.11. The highest BCUT2D eigenvalue weighted by molar-refractivity contribution is 6.30. The Balaban J connectivity index is 1.72. The molecule has 1 aliphatic carbocycles. The van der Waals surface area contributed by atoms with Crippen LogP contribution in [0.2, 0.25) is 10.0 Å². The van der Waals surface area contributed by atoms with Crippen molar-refractivity contribution in [1.82, 2.24) is 10.0 Å². The predicted molar refractivity (Wildman–Crippen MR) is 115 cm³/mol. The van der Waals surface area contributed by atoms with Crippen LogP contribution in [0.3, 0.4) is 0 Å². The fraction of sp³-hybridized carbons (Fsp3) is 0.261. The molecule has 0 radical (unpaired) electrons. The van der Waals surface area contributed by atoms with Crippen LogP contribution in [0.25, 0.3) is 0 Å². The van der Waals surface area contributed by atoms with Crippen LogP contribution < -0.4 is 0 Å². The van der Waals surface area contributed by atoms with E-state index in [9.17, 15) is 14.4 Å². The second-order valence-corrected chi connectivity index (χ2v) is 8.51. The molecule has 0 spiro atoms. The van der Waals surface area contributed by atoms with E-state index in [2.05, 4.69) is 0 Å². The van der Waals surface area contributed by atoms with Crippen molar-refractivity contribution in [3.63, 3.8) is 0 Å². The Morgan fingerprint density at radius 3 is 2.20 bits per heavy atom. The number of halogens is 2. The first-order valence-electron chi connectivity index (χ1n) is 9.73. The second kappa shape index (κ2) is 8.25. The number of nitrogens with zero attached hydrogens (tertiary/aromatic N) is 2. The Morgan fingerprint density at radius 2 is 1.60 bits per heavy atom. The zero-order chi connectivity index (χ0) is 21.4. The maximum atomic E-state index is 13.4. The molecule has 3 amide bonds. The molecule has 30 heavy (non-hydrogen) atoms. The Morgan fingerprint density at radius 1 is 1.00 bits per heavy atom. The second-order valence-electron chi connectivity index (χ2n) is 7.64. The molecule has 5 nitrogen and oxygen atoms in total. The molecule has 0 N–H and O–H groups in total. The highest BCUT2D eigenvalue weighted by Gasteiger charge is 2.53. The standard InChI is InChI=1S/C23H20Cl2N2O3/c1-14-3-2-4-19-20(14)23(30)27(22(19)29)26(13-15-5-9-17(24)10-6-15)21(28)16-7-11-18(25)12-8-16/h2-3,5-12,14,19-20H,4,13H2,1H3/t14-,19+,20+/m1/s1. The number of hydrogen-bond acceptors (Lipinski definition) is 3. The van der Waals surface area contributed by atoms with Gasteiger partial charge < -0.3 is 0 Å². The van der Waals surface area contributed by atoms with Gasteiger partial charge in [0, 0.05) is 15.6 Å². The van der Waals surface area contributed by atoms with Crippen LogP contribution in [0.1, 0.15) is 29.3 Å². The molecule has 2 aliphatic rings. The SMILES string of the molecule is C[C@@H]1C=CC[C@@H]2C(=O)N(N(Cc3ccc(Cl)cc3)C(=O)c3ccc(Cl)cc3)C(=O)[C@@H]12. The number of benzene rings is 2. The summed E-state index contributed by atoms with van der Waals surface area (Å²) in [7, 11) is 0. The molecule has 1 fully saturated rings. The summed E-state index contributed by atoms with van der Waals surface area (Å²) in [4.78, 5) is 39.9. The number of amides is 3. The third kappa shape index (κ3) is 3.75. The van der Waals surface area contributed by atoms with Crippen molar-refractivity contribution in [2.75, 3.05) is 0 Å². The normalized spacial score (nSPS) is 22.9. The van der Waals surface area contributed by atoms with Crippen LogP contribution >= 0.6 is 23.2 Å². The molecule has 154 valence electrons. The Hall–Kier alpha value is -2.63. The van der Waals surface area contributed by atoms with E-state index in [0.717, 1.165) is 10.6 Å². The van der Waals surface area contributed by atoms with Gasteiger partial charge in [-0.3, -0.25) is 14.4 Å². The van der Waals surface area contributed by atoms with Crippen molar-refractivity contribution < 1.29 is 14.4 Å². The minimum Gasteiger partial charge on any atom is -0.272 e. The van der Waals surface area contributed by atoms with Gasteiger partial charge in [-0.25, -0.2) is 5.01 Å². The smallest absolute Gasteiger partial charge is 0.272 e. The van der Waals surface area contributed by atoms with Crippen molar-refractivity contribution >= 4 is 40.9 Å². The molecule has 3 atom stereocenters. The van der Waals surface area contributed by atoms with Gasteiger partial charge in [0.1, 0.15) is 0 Å². The topological polar surface area (TPSA) is 57.7 Å². The lowest BCUT2D eigenvalue weighted by Crippen LogP contribution is -2.50. The van der Waals surface area contributed by atoms with Crippen LogP contribution in [0.5, 0.6) is 0 Å². The van der Waals surface area contributed by atoms with Crippen LogP contribution in [0.4, 0.5) is 0 Å². The van der Waals surface area contributed by atoms with Gasteiger partial charge in [-0.2, -0.15) is 5.01 Å². The van der Waals surface area contributed by atoms with E-state index < -0.39 is 17.7 Å². The van der Waals surface area contributed by atoms with Crippen LogP contribution in [-0.4, -0.2) is 27.7 Å². The Kier molecular flexibility index (Phi) is 5.67. The van der Waals surface area contributed by atoms with Gasteiger partial charge in [-0.15, -0.1) is 0 Å². The van der Waals surface area contributed by atoms with Crippen LogP contribution in [0, 0.1) is 17.8 Å². The van der Waals surface area contributed by atoms with Crippen molar-refractivity contribution in [3.05, 3.63) is 81.9 Å². The molecule has 1 aliphatic heterocycles. The summed E-state index contributed by atoms with van der Waals surface area (Å²) >= 11 is 11.9. The molecule has 2 aromatic rings. The first-order valence-corrected chi connectivity index (χ1v) is 10.5. The summed E-state index contributed by atoms with van der Waals surface area (Å²) in [6.07, 6.45) is 4.39.